The maximum absolute atomic E-state index is 13.3. The summed E-state index contributed by atoms with van der Waals surface area (Å²) in [5, 5.41) is 13.6. The summed E-state index contributed by atoms with van der Waals surface area (Å²) in [5.74, 6) is 0.0819. The lowest BCUT2D eigenvalue weighted by Gasteiger charge is -2.31. The number of piperidine rings is 2. The van der Waals surface area contributed by atoms with E-state index in [4.69, 9.17) is 23.2 Å². The Labute approximate surface area is 432 Å². The van der Waals surface area contributed by atoms with Gasteiger partial charge in [0.05, 0.1) is 13.1 Å². The number of aromatic nitrogens is 2. The number of halogens is 2. The Bertz CT molecular complexity index is 3090. The van der Waals surface area contributed by atoms with E-state index in [-0.39, 0.29) is 41.2 Å². The van der Waals surface area contributed by atoms with E-state index in [1.54, 1.807) is 95.6 Å². The predicted octanol–water partition coefficient (Wildman–Crippen LogP) is 9.57. The van der Waals surface area contributed by atoms with Crippen LogP contribution < -0.4 is 21.3 Å². The molecule has 3 aromatic heterocycles. The van der Waals surface area contributed by atoms with E-state index in [1.165, 1.54) is 38.1 Å². The van der Waals surface area contributed by atoms with Gasteiger partial charge in [0, 0.05) is 87.3 Å². The van der Waals surface area contributed by atoms with Crippen LogP contribution in [0.4, 0.5) is 11.6 Å². The Morgan fingerprint density at radius 2 is 1.01 bits per heavy atom. The summed E-state index contributed by atoms with van der Waals surface area (Å²) in [4.78, 5) is 34.5. The van der Waals surface area contributed by atoms with Crippen molar-refractivity contribution < 1.29 is 26.4 Å². The first-order valence-electron chi connectivity index (χ1n) is 23.0. The van der Waals surface area contributed by atoms with Crippen molar-refractivity contribution in [3.8, 4) is 0 Å². The fraction of sp³-hybridized carbons (Fsp3) is 0.255. The summed E-state index contributed by atoms with van der Waals surface area (Å²) in [5.41, 5.74) is 4.57. The van der Waals surface area contributed by atoms with Crippen molar-refractivity contribution in [3.63, 3.8) is 0 Å². The lowest BCUT2D eigenvalue weighted by molar-refractivity contribution is 0.0943. The van der Waals surface area contributed by atoms with Gasteiger partial charge in [-0.25, -0.2) is 26.8 Å². The Balaban J connectivity index is 0.000000194. The molecule has 0 atom stereocenters. The first-order chi connectivity index (χ1) is 34.3. The minimum Gasteiger partial charge on any atom is -0.382 e. The maximum Gasteiger partial charge on any atom is 0.252 e. The van der Waals surface area contributed by atoms with E-state index in [2.05, 4.69) is 79.8 Å². The van der Waals surface area contributed by atoms with Gasteiger partial charge in [0.25, 0.3) is 31.9 Å². The Morgan fingerprint density at radius 1 is 0.549 bits per heavy atom. The number of carbonyl (C=O) groups is 2. The molecule has 4 aromatic carbocycles. The highest BCUT2D eigenvalue weighted by molar-refractivity contribution is 7.91. The van der Waals surface area contributed by atoms with Gasteiger partial charge in [0.2, 0.25) is 5.95 Å². The van der Waals surface area contributed by atoms with E-state index >= 15 is 0 Å². The molecule has 7 aromatic rings. The third-order valence-corrected chi connectivity index (χ3v) is 19.3. The van der Waals surface area contributed by atoms with Crippen LogP contribution in [-0.4, -0.2) is 85.5 Å². The minimum absolute atomic E-state index is 0.130. The largest absolute Gasteiger partial charge is 0.382 e. The van der Waals surface area contributed by atoms with Crippen molar-refractivity contribution in [2.45, 2.75) is 65.7 Å². The van der Waals surface area contributed by atoms with Crippen LogP contribution in [0.25, 0.3) is 0 Å². The number of anilines is 2. The molecule has 2 fully saturated rings. The number of amides is 2. The summed E-state index contributed by atoms with van der Waals surface area (Å²) in [6.45, 7) is 2.29. The first-order valence-corrected chi connectivity index (χ1v) is 28.2. The van der Waals surface area contributed by atoms with Gasteiger partial charge in [0.15, 0.2) is 0 Å². The number of thiophene rings is 2. The fourth-order valence-electron chi connectivity index (χ4n) is 8.06. The number of benzene rings is 4. The molecular formula is C51H52Cl2N8O6S4. The molecule has 9 rings (SSSR count). The lowest BCUT2D eigenvalue weighted by atomic mass is 10.0. The van der Waals surface area contributed by atoms with Crippen molar-refractivity contribution in [2.75, 3.05) is 36.8 Å². The minimum atomic E-state index is -3.58. The molecule has 2 aliphatic heterocycles. The average Bonchev–Trinajstić information content (AvgIpc) is 4.09. The molecule has 0 saturated carbocycles. The van der Waals surface area contributed by atoms with Gasteiger partial charge in [-0.1, -0.05) is 65.7 Å². The van der Waals surface area contributed by atoms with Crippen LogP contribution in [0.15, 0.2) is 154 Å². The molecule has 0 bridgehead atoms. The highest BCUT2D eigenvalue weighted by Crippen LogP contribution is 2.30. The molecule has 0 unspecified atom stereocenters. The van der Waals surface area contributed by atoms with Crippen LogP contribution in [0.5, 0.6) is 0 Å². The van der Waals surface area contributed by atoms with E-state index in [9.17, 15) is 26.4 Å². The number of nitrogens with zero attached hydrogens (tertiary/aromatic N) is 4. The molecule has 5 heterocycles. The number of rotatable bonds is 16. The van der Waals surface area contributed by atoms with Crippen molar-refractivity contribution >= 4 is 89.4 Å². The molecule has 0 radical (unpaired) electrons. The highest BCUT2D eigenvalue weighted by atomic mass is 35.5. The molecular weight excluding hydrogens is 1020 g/mol. The van der Waals surface area contributed by atoms with Crippen LogP contribution >= 0.6 is 45.9 Å². The van der Waals surface area contributed by atoms with E-state index < -0.39 is 20.0 Å². The first kappa shape index (κ1) is 51.6. The molecule has 71 heavy (non-hydrogen) atoms. The summed E-state index contributed by atoms with van der Waals surface area (Å²) in [6.07, 6.45) is 7.03. The number of carbonyl (C=O) groups excluding carboxylic acids is 2. The average molecular weight is 1070 g/mol. The maximum atomic E-state index is 13.3. The summed E-state index contributed by atoms with van der Waals surface area (Å²) in [6, 6.07) is 40.9. The van der Waals surface area contributed by atoms with Gasteiger partial charge in [-0.2, -0.15) is 8.61 Å². The van der Waals surface area contributed by atoms with Crippen LogP contribution in [0.2, 0.25) is 10.0 Å². The van der Waals surface area contributed by atoms with Gasteiger partial charge in [-0.15, -0.1) is 22.7 Å². The van der Waals surface area contributed by atoms with Gasteiger partial charge in [-0.3, -0.25) is 9.59 Å². The number of hydrogen-bond donors (Lipinski definition) is 4. The molecule has 4 N–H and O–H groups in total. The van der Waals surface area contributed by atoms with Crippen LogP contribution in [0.3, 0.4) is 0 Å². The SMILES string of the molecule is O=C(NCc1ccc(S(=O)(=O)N2CCC(Nc3cccc(Cc4ccccc4)c3)CC2)s1)c1ccc(Cl)cc1.O=C(NCc1ccc(S(=O)(=O)N2CCC(Nc3ncccn3)CC2)s1)c1ccc(Cl)cc1. The zero-order valence-corrected chi connectivity index (χ0v) is 43.2. The Hall–Kier alpha value is -5.70. The van der Waals surface area contributed by atoms with Crippen LogP contribution in [0, 0.1) is 0 Å². The van der Waals surface area contributed by atoms with Gasteiger partial charge < -0.3 is 21.3 Å². The Kier molecular flexibility index (Phi) is 17.6. The standard InChI is InChI=1S/C30H30ClN3O3S2.C21H22ClN5O3S2/c31-25-11-9-24(10-12-25)30(35)32-21-28-13-14-29(38-28)39(36,37)34-17-15-26(16-18-34)33-27-8-4-7-23(20-27)19-22-5-2-1-3-6-22;22-16-4-2-15(3-5-16)20(28)25-14-18-6-7-19(31-18)32(29,30)27-12-8-17(9-13-27)26-21-23-10-1-11-24-21/h1-14,20,26,33H,15-19,21H2,(H,32,35);1-7,10-11,17H,8-9,12-14H2,(H,25,28)(H,23,24,26). The molecule has 2 amide bonds. The molecule has 2 saturated heterocycles. The molecule has 14 nitrogen and oxygen atoms in total. The zero-order valence-electron chi connectivity index (χ0n) is 38.4. The van der Waals surface area contributed by atoms with Crippen molar-refractivity contribution in [1.82, 2.24) is 29.2 Å². The van der Waals surface area contributed by atoms with E-state index in [0.29, 0.717) is 70.4 Å². The number of hydrogen-bond acceptors (Lipinski definition) is 12. The molecule has 370 valence electrons. The summed E-state index contributed by atoms with van der Waals surface area (Å²) in [7, 11) is -7.15. The topological polar surface area (TPSA) is 183 Å². The van der Waals surface area contributed by atoms with Crippen molar-refractivity contribution in [1.29, 1.82) is 0 Å². The second-order valence-corrected chi connectivity index (χ2v) is 24.4. The normalized spacial score (nSPS) is 15.0. The molecule has 0 spiro atoms. The van der Waals surface area contributed by atoms with Crippen LogP contribution in [-0.2, 0) is 39.6 Å². The smallest absolute Gasteiger partial charge is 0.252 e. The quantitative estimate of drug-likeness (QED) is 0.0727. The summed E-state index contributed by atoms with van der Waals surface area (Å²) >= 11 is 14.1. The monoisotopic (exact) mass is 1070 g/mol. The van der Waals surface area contributed by atoms with Crippen molar-refractivity contribution in [3.05, 3.63) is 188 Å². The third kappa shape index (κ3) is 14.3. The number of sulfonamides is 2. The van der Waals surface area contributed by atoms with Gasteiger partial charge >= 0.3 is 0 Å². The third-order valence-electron chi connectivity index (χ3n) is 11.9. The zero-order chi connectivity index (χ0) is 49.8. The fourth-order valence-corrected chi connectivity index (χ4v) is 14.1. The predicted molar refractivity (Wildman–Crippen MR) is 282 cm³/mol. The molecule has 2 aliphatic rings. The lowest BCUT2D eigenvalue weighted by Crippen LogP contribution is -2.42. The van der Waals surface area contributed by atoms with E-state index in [0.717, 1.165) is 34.7 Å². The van der Waals surface area contributed by atoms with Crippen LogP contribution in [0.1, 0.15) is 67.3 Å². The second kappa shape index (κ2) is 24.1. The van der Waals surface area contributed by atoms with E-state index in [1.807, 2.05) is 6.07 Å². The van der Waals surface area contributed by atoms with Gasteiger partial charge in [-0.05, 0) is 134 Å². The van der Waals surface area contributed by atoms with Crippen molar-refractivity contribution in [2.24, 2.45) is 0 Å². The van der Waals surface area contributed by atoms with Gasteiger partial charge in [0.1, 0.15) is 8.42 Å². The highest BCUT2D eigenvalue weighted by Gasteiger charge is 2.32. The molecule has 0 aliphatic carbocycles. The summed E-state index contributed by atoms with van der Waals surface area (Å²) < 4.78 is 56.3. The second-order valence-electron chi connectivity index (χ2n) is 16.9. The Morgan fingerprint density at radius 3 is 1.51 bits per heavy atom. The molecule has 20 heteroatoms. The number of nitrogens with one attached hydrogen (secondary N) is 4.